The number of hydrogen-bond donors (Lipinski definition) is 1. The first kappa shape index (κ1) is 24.7. The molecule has 1 N–H and O–H groups in total. The Morgan fingerprint density at radius 2 is 1.63 bits per heavy atom. The molecule has 2 aliphatic rings. The number of nitrogens with zero attached hydrogens (tertiary/aromatic N) is 2. The highest BCUT2D eigenvalue weighted by molar-refractivity contribution is 6.30. The molecule has 6 heteroatoms. The molecule has 38 heavy (non-hydrogen) atoms. The predicted octanol–water partition coefficient (Wildman–Crippen LogP) is 6.34. The summed E-state index contributed by atoms with van der Waals surface area (Å²) in [6.45, 7) is 0.778. The molecule has 194 valence electrons. The summed E-state index contributed by atoms with van der Waals surface area (Å²) in [6.07, 6.45) is 6.03. The molecular weight excluding hydrogens is 494 g/mol. The van der Waals surface area contributed by atoms with Gasteiger partial charge in [-0.15, -0.1) is 0 Å². The predicted molar refractivity (Wildman–Crippen MR) is 151 cm³/mol. The highest BCUT2D eigenvalue weighted by Crippen LogP contribution is 2.40. The summed E-state index contributed by atoms with van der Waals surface area (Å²) in [5, 5.41) is 5.07. The van der Waals surface area contributed by atoms with Gasteiger partial charge in [0.25, 0.3) is 11.8 Å². The van der Waals surface area contributed by atoms with Crippen LogP contribution in [0.1, 0.15) is 53.7 Å². The number of amides is 2. The maximum absolute atomic E-state index is 14.5. The average molecular weight is 526 g/mol. The van der Waals surface area contributed by atoms with E-state index in [9.17, 15) is 9.59 Å². The second-order valence-corrected chi connectivity index (χ2v) is 11.0. The van der Waals surface area contributed by atoms with Crippen molar-refractivity contribution in [3.8, 4) is 0 Å². The molecule has 0 radical (unpaired) electrons. The number of nitrogens with one attached hydrogen (secondary N) is 1. The molecule has 2 heterocycles. The third-order valence-electron chi connectivity index (χ3n) is 8.23. The Bertz CT molecular complexity index is 1460. The van der Waals surface area contributed by atoms with Crippen molar-refractivity contribution in [2.45, 2.75) is 56.7 Å². The fourth-order valence-electron chi connectivity index (χ4n) is 6.21. The van der Waals surface area contributed by atoms with Crippen molar-refractivity contribution in [1.82, 2.24) is 14.8 Å². The molecule has 6 rings (SSSR count). The van der Waals surface area contributed by atoms with Crippen molar-refractivity contribution in [2.24, 2.45) is 0 Å². The van der Waals surface area contributed by atoms with Crippen LogP contribution in [0.3, 0.4) is 0 Å². The smallest absolute Gasteiger partial charge is 0.271 e. The number of fused-ring (bicyclic) bond motifs is 3. The molecule has 5 nitrogen and oxygen atoms in total. The number of benzene rings is 3. The normalized spacial score (nSPS) is 19.9. The first-order valence-electron chi connectivity index (χ1n) is 13.6. The van der Waals surface area contributed by atoms with Crippen LogP contribution in [0.15, 0.2) is 84.9 Å². The number of halogens is 1. The Kier molecular flexibility index (Phi) is 6.71. The summed E-state index contributed by atoms with van der Waals surface area (Å²) < 4.78 is 2.05. The molecule has 0 unspecified atom stereocenters. The largest absolute Gasteiger partial charge is 0.351 e. The van der Waals surface area contributed by atoms with Crippen LogP contribution < -0.4 is 5.32 Å². The molecule has 0 bridgehead atoms. The zero-order chi connectivity index (χ0) is 26.1. The average Bonchev–Trinajstić information content (AvgIpc) is 3.33. The maximum atomic E-state index is 14.5. The van der Waals surface area contributed by atoms with E-state index in [0.717, 1.165) is 47.7 Å². The van der Waals surface area contributed by atoms with E-state index in [1.54, 1.807) is 0 Å². The molecular formula is C32H32ClN3O2. The van der Waals surface area contributed by atoms with Gasteiger partial charge in [0.1, 0.15) is 5.69 Å². The van der Waals surface area contributed by atoms with Crippen LogP contribution in [-0.2, 0) is 23.3 Å². The van der Waals surface area contributed by atoms with Crippen molar-refractivity contribution < 1.29 is 9.59 Å². The number of carbonyl (C=O) groups excluding carboxylic acids is 2. The van der Waals surface area contributed by atoms with Gasteiger partial charge in [-0.2, -0.15) is 0 Å². The van der Waals surface area contributed by atoms with Crippen molar-refractivity contribution in [2.75, 3.05) is 6.54 Å². The van der Waals surface area contributed by atoms with Gasteiger partial charge in [0.15, 0.2) is 5.54 Å². The van der Waals surface area contributed by atoms with Crippen LogP contribution in [-0.4, -0.2) is 33.9 Å². The zero-order valence-electron chi connectivity index (χ0n) is 21.4. The fourth-order valence-corrected chi connectivity index (χ4v) is 6.33. The van der Waals surface area contributed by atoms with Crippen LogP contribution in [0, 0.1) is 0 Å². The van der Waals surface area contributed by atoms with Gasteiger partial charge in [-0.05, 0) is 54.7 Å². The van der Waals surface area contributed by atoms with E-state index in [4.69, 9.17) is 11.6 Å². The standard InChI is InChI=1S/C32H32ClN3O2/c33-26-17-15-23(16-18-26)19-20-36-30(37)29-21-24-9-7-8-14-28(24)35(29)22-32(36,25-10-3-1-4-11-25)31(38)34-27-12-5-2-6-13-27/h1,3-4,7-11,14-18,21,27H,2,5-6,12-13,19-20,22H2,(H,34,38)/t32-/m1/s1. The number of hydrogen-bond acceptors (Lipinski definition) is 2. The molecule has 1 aliphatic heterocycles. The highest BCUT2D eigenvalue weighted by atomic mass is 35.5. The maximum Gasteiger partial charge on any atom is 0.271 e. The van der Waals surface area contributed by atoms with E-state index >= 15 is 0 Å². The Hall–Kier alpha value is -3.57. The van der Waals surface area contributed by atoms with E-state index < -0.39 is 5.54 Å². The minimum Gasteiger partial charge on any atom is -0.351 e. The van der Waals surface area contributed by atoms with Crippen molar-refractivity contribution in [3.63, 3.8) is 0 Å². The molecule has 4 aromatic rings. The third kappa shape index (κ3) is 4.39. The lowest BCUT2D eigenvalue weighted by atomic mass is 9.83. The van der Waals surface area contributed by atoms with E-state index in [1.165, 1.54) is 6.42 Å². The van der Waals surface area contributed by atoms with Gasteiger partial charge >= 0.3 is 0 Å². The second kappa shape index (κ2) is 10.3. The molecule has 0 saturated heterocycles. The Labute approximate surface area is 228 Å². The van der Waals surface area contributed by atoms with Gasteiger partial charge in [0.2, 0.25) is 0 Å². The summed E-state index contributed by atoms with van der Waals surface area (Å²) >= 11 is 6.12. The van der Waals surface area contributed by atoms with Gasteiger partial charge in [0.05, 0.1) is 6.54 Å². The number of aromatic nitrogens is 1. The molecule has 1 aliphatic carbocycles. The lowest BCUT2D eigenvalue weighted by Crippen LogP contribution is -2.64. The number of carbonyl (C=O) groups is 2. The van der Waals surface area contributed by atoms with Gasteiger partial charge < -0.3 is 14.8 Å². The van der Waals surface area contributed by atoms with Crippen LogP contribution >= 0.6 is 11.6 Å². The minimum atomic E-state index is -1.17. The SMILES string of the molecule is O=C1c2cc3ccccc3n2C[C@](C(=O)NC2CCCCC2)(c2ccccc2)N1CCc1ccc(Cl)cc1. The molecule has 1 fully saturated rings. The van der Waals surface area contributed by atoms with Gasteiger partial charge in [0, 0.05) is 28.5 Å². The molecule has 2 amide bonds. The van der Waals surface area contributed by atoms with Crippen LogP contribution in [0.25, 0.3) is 10.9 Å². The van der Waals surface area contributed by atoms with Crippen LogP contribution in [0.5, 0.6) is 0 Å². The van der Waals surface area contributed by atoms with E-state index in [2.05, 4.69) is 5.32 Å². The highest BCUT2D eigenvalue weighted by Gasteiger charge is 2.52. The van der Waals surface area contributed by atoms with E-state index in [0.29, 0.717) is 30.2 Å². The number of para-hydroxylation sites is 1. The lowest BCUT2D eigenvalue weighted by Gasteiger charge is -2.47. The minimum absolute atomic E-state index is 0.0940. The van der Waals surface area contributed by atoms with Crippen molar-refractivity contribution in [3.05, 3.63) is 107 Å². The Balaban J connectivity index is 1.48. The summed E-state index contributed by atoms with van der Waals surface area (Å²) in [4.78, 5) is 30.7. The number of rotatable bonds is 6. The van der Waals surface area contributed by atoms with Crippen LogP contribution in [0.2, 0.25) is 5.02 Å². The van der Waals surface area contributed by atoms with Gasteiger partial charge in [-0.3, -0.25) is 9.59 Å². The Morgan fingerprint density at radius 3 is 2.39 bits per heavy atom. The van der Waals surface area contributed by atoms with Crippen LogP contribution in [0.4, 0.5) is 0 Å². The third-order valence-corrected chi connectivity index (χ3v) is 8.48. The van der Waals surface area contributed by atoms with Gasteiger partial charge in [-0.25, -0.2) is 0 Å². The fraction of sp³-hybridized carbons (Fsp3) is 0.312. The Morgan fingerprint density at radius 1 is 0.921 bits per heavy atom. The second-order valence-electron chi connectivity index (χ2n) is 10.5. The molecule has 1 saturated carbocycles. The first-order chi connectivity index (χ1) is 18.6. The quantitative estimate of drug-likeness (QED) is 0.319. The topological polar surface area (TPSA) is 54.3 Å². The van der Waals surface area contributed by atoms with E-state index in [-0.39, 0.29) is 17.9 Å². The zero-order valence-corrected chi connectivity index (χ0v) is 22.2. The molecule has 3 aromatic carbocycles. The summed E-state index contributed by atoms with van der Waals surface area (Å²) in [5.41, 5.74) is 2.33. The summed E-state index contributed by atoms with van der Waals surface area (Å²) in [5.74, 6) is -0.215. The monoisotopic (exact) mass is 525 g/mol. The summed E-state index contributed by atoms with van der Waals surface area (Å²) in [7, 11) is 0. The first-order valence-corrected chi connectivity index (χ1v) is 14.0. The van der Waals surface area contributed by atoms with Crippen molar-refractivity contribution in [1.29, 1.82) is 0 Å². The van der Waals surface area contributed by atoms with Crippen molar-refractivity contribution >= 4 is 34.3 Å². The van der Waals surface area contributed by atoms with E-state index in [1.807, 2.05) is 94.4 Å². The summed E-state index contributed by atoms with van der Waals surface area (Å²) in [6, 6.07) is 27.7. The van der Waals surface area contributed by atoms with Gasteiger partial charge in [-0.1, -0.05) is 91.5 Å². The lowest BCUT2D eigenvalue weighted by molar-refractivity contribution is -0.135. The molecule has 1 atom stereocenters. The molecule has 1 aromatic heterocycles. The molecule has 0 spiro atoms.